The predicted molar refractivity (Wildman–Crippen MR) is 152 cm³/mol. The molecule has 0 aliphatic carbocycles. The molecule has 4 N–H and O–H groups in total. The van der Waals surface area contributed by atoms with E-state index in [4.69, 9.17) is 21.1 Å². The SMILES string of the molecule is CCC(O)C(C)C(Cl)C(O)CC(C)C=CC=C(C)C1OC(=O)CC(O)CCC(C)(O)C(OC(C)=O)C=CC1C. The van der Waals surface area contributed by atoms with E-state index in [1.807, 2.05) is 52.8 Å². The molecule has 1 aliphatic heterocycles. The van der Waals surface area contributed by atoms with Crippen LogP contribution in [0.25, 0.3) is 0 Å². The van der Waals surface area contributed by atoms with Gasteiger partial charge in [0.1, 0.15) is 17.8 Å². The summed E-state index contributed by atoms with van der Waals surface area (Å²) in [5.74, 6) is -1.65. The largest absolute Gasteiger partial charge is 0.457 e. The molecule has 0 aromatic rings. The van der Waals surface area contributed by atoms with Crippen molar-refractivity contribution in [2.75, 3.05) is 0 Å². The van der Waals surface area contributed by atoms with Gasteiger partial charge in [-0.1, -0.05) is 52.0 Å². The summed E-state index contributed by atoms with van der Waals surface area (Å²) >= 11 is 6.39. The number of allylic oxidation sites excluding steroid dienone is 3. The van der Waals surface area contributed by atoms with Crippen molar-refractivity contribution in [1.82, 2.24) is 0 Å². The molecular formula is C30H49ClO8. The Morgan fingerprint density at radius 2 is 1.90 bits per heavy atom. The second-order valence-corrected chi connectivity index (χ2v) is 11.8. The second kappa shape index (κ2) is 16.5. The first-order valence-corrected chi connectivity index (χ1v) is 14.3. The van der Waals surface area contributed by atoms with Crippen LogP contribution in [0.4, 0.5) is 0 Å². The van der Waals surface area contributed by atoms with Crippen LogP contribution < -0.4 is 0 Å². The lowest BCUT2D eigenvalue weighted by Gasteiger charge is -2.32. The first kappa shape index (κ1) is 35.3. The Balaban J connectivity index is 3.07. The molecule has 10 atom stereocenters. The Labute approximate surface area is 238 Å². The molecule has 0 saturated heterocycles. The van der Waals surface area contributed by atoms with E-state index < -0.39 is 53.4 Å². The third-order valence-corrected chi connectivity index (χ3v) is 8.06. The van der Waals surface area contributed by atoms with Crippen molar-refractivity contribution in [2.45, 2.75) is 122 Å². The van der Waals surface area contributed by atoms with Gasteiger partial charge in [0, 0.05) is 18.8 Å². The average Bonchev–Trinajstić information content (AvgIpc) is 2.85. The molecule has 224 valence electrons. The minimum absolute atomic E-state index is 0.00527. The number of aliphatic hydroxyl groups is 4. The topological polar surface area (TPSA) is 134 Å². The summed E-state index contributed by atoms with van der Waals surface area (Å²) in [5, 5.41) is 41.3. The van der Waals surface area contributed by atoms with Crippen LogP contribution in [0, 0.1) is 17.8 Å². The molecule has 1 heterocycles. The summed E-state index contributed by atoms with van der Waals surface area (Å²) in [6.45, 7) is 12.1. The van der Waals surface area contributed by atoms with E-state index >= 15 is 0 Å². The number of halogens is 1. The van der Waals surface area contributed by atoms with E-state index in [0.717, 1.165) is 5.57 Å². The van der Waals surface area contributed by atoms with Crippen LogP contribution in [-0.2, 0) is 19.1 Å². The maximum atomic E-state index is 12.6. The van der Waals surface area contributed by atoms with Gasteiger partial charge < -0.3 is 29.9 Å². The summed E-state index contributed by atoms with van der Waals surface area (Å²) in [5.41, 5.74) is -0.675. The molecule has 0 aromatic heterocycles. The molecule has 0 aromatic carbocycles. The molecule has 0 bridgehead atoms. The predicted octanol–water partition coefficient (Wildman–Crippen LogP) is 4.22. The lowest BCUT2D eigenvalue weighted by atomic mass is 9.88. The van der Waals surface area contributed by atoms with E-state index in [1.165, 1.54) is 13.8 Å². The standard InChI is InChI=1S/C30H49ClO8/c1-8-24(34)21(5)28(31)25(35)16-18(2)10-9-11-19(3)29-20(4)12-13-26(38-22(6)32)30(7,37)15-14-23(33)17-27(36)39-29/h9-13,18,20-21,23-26,28-29,33-35,37H,8,14-17H2,1-7H3. The molecule has 0 radical (unpaired) electrons. The Kier molecular flexibility index (Phi) is 15.0. The molecule has 9 heteroatoms. The minimum atomic E-state index is -1.43. The highest BCUT2D eigenvalue weighted by Gasteiger charge is 2.35. The van der Waals surface area contributed by atoms with Crippen LogP contribution in [0.5, 0.6) is 0 Å². The summed E-state index contributed by atoms with van der Waals surface area (Å²) in [7, 11) is 0. The third-order valence-electron chi connectivity index (χ3n) is 7.37. The van der Waals surface area contributed by atoms with E-state index in [0.29, 0.717) is 12.8 Å². The molecule has 1 rings (SSSR count). The van der Waals surface area contributed by atoms with Gasteiger partial charge in [0.05, 0.1) is 30.1 Å². The zero-order valence-electron chi connectivity index (χ0n) is 24.4. The van der Waals surface area contributed by atoms with Crippen LogP contribution in [0.1, 0.15) is 80.6 Å². The van der Waals surface area contributed by atoms with Gasteiger partial charge >= 0.3 is 11.9 Å². The molecule has 0 fully saturated rings. The summed E-state index contributed by atoms with van der Waals surface area (Å²) < 4.78 is 11.1. The summed E-state index contributed by atoms with van der Waals surface area (Å²) in [6, 6.07) is 0. The van der Waals surface area contributed by atoms with E-state index in [-0.39, 0.29) is 37.0 Å². The van der Waals surface area contributed by atoms with Gasteiger partial charge in [-0.2, -0.15) is 0 Å². The van der Waals surface area contributed by atoms with Gasteiger partial charge in [0.15, 0.2) is 0 Å². The van der Waals surface area contributed by atoms with Crippen molar-refractivity contribution in [3.8, 4) is 0 Å². The van der Waals surface area contributed by atoms with E-state index in [9.17, 15) is 30.0 Å². The zero-order valence-corrected chi connectivity index (χ0v) is 25.2. The number of alkyl halides is 1. The van der Waals surface area contributed by atoms with Gasteiger partial charge in [-0.3, -0.25) is 9.59 Å². The maximum absolute atomic E-state index is 12.6. The molecule has 10 unspecified atom stereocenters. The normalized spacial score (nSPS) is 31.4. The Bertz CT molecular complexity index is 867. The summed E-state index contributed by atoms with van der Waals surface area (Å²) in [4.78, 5) is 24.2. The molecular weight excluding hydrogens is 524 g/mol. The molecule has 8 nitrogen and oxygen atoms in total. The molecule has 1 aliphatic rings. The maximum Gasteiger partial charge on any atom is 0.309 e. The van der Waals surface area contributed by atoms with E-state index in [1.54, 1.807) is 12.2 Å². The van der Waals surface area contributed by atoms with Crippen molar-refractivity contribution in [2.24, 2.45) is 17.8 Å². The molecule has 0 spiro atoms. The molecule has 0 saturated carbocycles. The van der Waals surface area contributed by atoms with Gasteiger partial charge in [0.2, 0.25) is 0 Å². The van der Waals surface area contributed by atoms with Crippen molar-refractivity contribution in [3.05, 3.63) is 36.0 Å². The number of esters is 2. The highest BCUT2D eigenvalue weighted by molar-refractivity contribution is 6.21. The van der Waals surface area contributed by atoms with Gasteiger partial charge in [-0.25, -0.2) is 0 Å². The fraction of sp³-hybridized carbons (Fsp3) is 0.733. The van der Waals surface area contributed by atoms with Crippen LogP contribution in [-0.4, -0.2) is 73.9 Å². The van der Waals surface area contributed by atoms with Crippen LogP contribution >= 0.6 is 11.6 Å². The van der Waals surface area contributed by atoms with Crippen LogP contribution in [0.15, 0.2) is 36.0 Å². The van der Waals surface area contributed by atoms with Gasteiger partial charge in [-0.15, -0.1) is 11.6 Å². The monoisotopic (exact) mass is 572 g/mol. The first-order valence-electron chi connectivity index (χ1n) is 13.9. The second-order valence-electron chi connectivity index (χ2n) is 11.3. The highest BCUT2D eigenvalue weighted by Crippen LogP contribution is 2.27. The Morgan fingerprint density at radius 1 is 1.26 bits per heavy atom. The number of rotatable bonds is 10. The quantitative estimate of drug-likeness (QED) is 0.132. The number of aliphatic hydroxyl groups excluding tert-OH is 3. The van der Waals surface area contributed by atoms with Crippen LogP contribution in [0.2, 0.25) is 0 Å². The van der Waals surface area contributed by atoms with Gasteiger partial charge in [-0.05, 0) is 57.1 Å². The lowest BCUT2D eigenvalue weighted by molar-refractivity contribution is -0.157. The fourth-order valence-corrected chi connectivity index (χ4v) is 4.92. The van der Waals surface area contributed by atoms with E-state index in [2.05, 4.69) is 0 Å². The lowest BCUT2D eigenvalue weighted by Crippen LogP contribution is -2.42. The van der Waals surface area contributed by atoms with Crippen molar-refractivity contribution < 1.29 is 39.5 Å². The Morgan fingerprint density at radius 3 is 2.49 bits per heavy atom. The number of hydrogen-bond acceptors (Lipinski definition) is 8. The molecule has 0 amide bonds. The minimum Gasteiger partial charge on any atom is -0.457 e. The smallest absolute Gasteiger partial charge is 0.309 e. The fourth-order valence-electron chi connectivity index (χ4n) is 4.65. The number of carbonyl (C=O) groups is 2. The van der Waals surface area contributed by atoms with Crippen molar-refractivity contribution in [3.63, 3.8) is 0 Å². The number of hydrogen-bond donors (Lipinski definition) is 4. The number of cyclic esters (lactones) is 1. The average molecular weight is 573 g/mol. The first-order chi connectivity index (χ1) is 18.1. The van der Waals surface area contributed by atoms with Crippen LogP contribution in [0.3, 0.4) is 0 Å². The number of carbonyl (C=O) groups excluding carboxylic acids is 2. The Hall–Kier alpha value is -1.71. The highest BCUT2D eigenvalue weighted by atomic mass is 35.5. The third kappa shape index (κ3) is 12.1. The van der Waals surface area contributed by atoms with Gasteiger partial charge in [0.25, 0.3) is 0 Å². The summed E-state index contributed by atoms with van der Waals surface area (Å²) in [6.07, 6.45) is 6.04. The van der Waals surface area contributed by atoms with Crippen molar-refractivity contribution in [1.29, 1.82) is 0 Å². The molecule has 39 heavy (non-hydrogen) atoms. The van der Waals surface area contributed by atoms with Crippen molar-refractivity contribution >= 4 is 23.5 Å². The number of ether oxygens (including phenoxy) is 2. The zero-order chi connectivity index (χ0) is 29.9.